The third-order valence-corrected chi connectivity index (χ3v) is 7.92. The zero-order chi connectivity index (χ0) is 16.9. The number of nitrogens with one attached hydrogen (secondary N) is 1. The summed E-state index contributed by atoms with van der Waals surface area (Å²) in [4.78, 5) is 7.17. The van der Waals surface area contributed by atoms with E-state index in [1.165, 1.54) is 6.42 Å². The van der Waals surface area contributed by atoms with Gasteiger partial charge in [-0.05, 0) is 32.1 Å². The van der Waals surface area contributed by atoms with Crippen molar-refractivity contribution in [2.24, 2.45) is 10.9 Å². The summed E-state index contributed by atoms with van der Waals surface area (Å²) in [6, 6.07) is 0.385. The Morgan fingerprint density at radius 2 is 2.22 bits per heavy atom. The fraction of sp³-hybridized carbons (Fsp3) is 0.938. The van der Waals surface area contributed by atoms with E-state index in [1.54, 1.807) is 0 Å². The third kappa shape index (κ3) is 5.85. The van der Waals surface area contributed by atoms with Gasteiger partial charge in [-0.3, -0.25) is 4.99 Å². The minimum atomic E-state index is -2.82. The zero-order valence-corrected chi connectivity index (χ0v) is 16.3. The first-order chi connectivity index (χ1) is 10.9. The second-order valence-electron chi connectivity index (χ2n) is 6.73. The van der Waals surface area contributed by atoms with Crippen molar-refractivity contribution in [2.75, 3.05) is 36.9 Å². The van der Waals surface area contributed by atoms with Gasteiger partial charge in [0.15, 0.2) is 15.8 Å². The van der Waals surface area contributed by atoms with E-state index in [9.17, 15) is 8.42 Å². The van der Waals surface area contributed by atoms with Crippen molar-refractivity contribution >= 4 is 27.6 Å². The highest BCUT2D eigenvalue weighted by molar-refractivity contribution is 8.00. The van der Waals surface area contributed by atoms with E-state index in [4.69, 9.17) is 4.99 Å². The molecule has 0 aromatic heterocycles. The summed E-state index contributed by atoms with van der Waals surface area (Å²) in [7, 11) is -2.82. The summed E-state index contributed by atoms with van der Waals surface area (Å²) in [6.07, 6.45) is 2.99. The van der Waals surface area contributed by atoms with Crippen LogP contribution in [0.4, 0.5) is 0 Å². The van der Waals surface area contributed by atoms with Crippen LogP contribution in [-0.4, -0.2) is 67.5 Å². The number of sulfone groups is 1. The van der Waals surface area contributed by atoms with Crippen molar-refractivity contribution in [3.8, 4) is 0 Å². The van der Waals surface area contributed by atoms with Gasteiger partial charge in [-0.2, -0.15) is 11.8 Å². The lowest BCUT2D eigenvalue weighted by molar-refractivity contribution is 0.397. The van der Waals surface area contributed by atoms with Gasteiger partial charge in [-0.25, -0.2) is 8.42 Å². The lowest BCUT2D eigenvalue weighted by Crippen LogP contribution is -2.50. The summed E-state index contributed by atoms with van der Waals surface area (Å²) in [6.45, 7) is 9.26. The molecule has 0 radical (unpaired) electrons. The largest absolute Gasteiger partial charge is 0.354 e. The first-order valence-corrected chi connectivity index (χ1v) is 11.7. The van der Waals surface area contributed by atoms with Gasteiger partial charge < -0.3 is 10.2 Å². The lowest BCUT2D eigenvalue weighted by Gasteiger charge is -2.35. The van der Waals surface area contributed by atoms with E-state index in [1.807, 2.05) is 11.8 Å². The third-order valence-electron chi connectivity index (χ3n) is 4.71. The van der Waals surface area contributed by atoms with Crippen molar-refractivity contribution < 1.29 is 8.42 Å². The molecule has 3 unspecified atom stereocenters. The Kier molecular flexibility index (Phi) is 7.07. The van der Waals surface area contributed by atoms with Crippen LogP contribution in [0.25, 0.3) is 0 Å². The van der Waals surface area contributed by atoms with Gasteiger partial charge in [0, 0.05) is 36.7 Å². The average molecular weight is 362 g/mol. The molecule has 2 aliphatic rings. The molecule has 2 fully saturated rings. The molecule has 0 saturated carbocycles. The summed E-state index contributed by atoms with van der Waals surface area (Å²) < 4.78 is 23.2. The molecule has 0 spiro atoms. The highest BCUT2D eigenvalue weighted by Crippen LogP contribution is 2.22. The normalized spacial score (nSPS) is 29.5. The Bertz CT molecular complexity index is 507. The minimum absolute atomic E-state index is 0.190. The number of hydrogen-bond acceptors (Lipinski definition) is 4. The SMILES string of the molecule is CCC(C)NC(=NCC1CCS(=O)(=O)C1)N1CCSC(CC)C1. The van der Waals surface area contributed by atoms with Crippen molar-refractivity contribution in [1.29, 1.82) is 0 Å². The van der Waals surface area contributed by atoms with Crippen LogP contribution < -0.4 is 5.32 Å². The van der Waals surface area contributed by atoms with Crippen LogP contribution in [-0.2, 0) is 9.84 Å². The molecule has 3 atom stereocenters. The average Bonchev–Trinajstić information content (AvgIpc) is 2.90. The van der Waals surface area contributed by atoms with Gasteiger partial charge >= 0.3 is 0 Å². The maximum Gasteiger partial charge on any atom is 0.194 e. The van der Waals surface area contributed by atoms with Crippen LogP contribution >= 0.6 is 11.8 Å². The number of rotatable bonds is 5. The van der Waals surface area contributed by atoms with Gasteiger partial charge in [0.25, 0.3) is 0 Å². The van der Waals surface area contributed by atoms with E-state index in [2.05, 4.69) is 31.0 Å². The molecule has 7 heteroatoms. The Balaban J connectivity index is 2.02. The highest BCUT2D eigenvalue weighted by atomic mass is 32.2. The smallest absolute Gasteiger partial charge is 0.194 e. The zero-order valence-electron chi connectivity index (χ0n) is 14.6. The first-order valence-electron chi connectivity index (χ1n) is 8.81. The van der Waals surface area contributed by atoms with Crippen molar-refractivity contribution in [1.82, 2.24) is 10.2 Å². The van der Waals surface area contributed by atoms with E-state index in [0.717, 1.165) is 37.6 Å². The highest BCUT2D eigenvalue weighted by Gasteiger charge is 2.28. The molecule has 5 nitrogen and oxygen atoms in total. The fourth-order valence-electron chi connectivity index (χ4n) is 2.95. The molecular weight excluding hydrogens is 330 g/mol. The molecule has 0 amide bonds. The van der Waals surface area contributed by atoms with Crippen molar-refractivity contribution in [3.63, 3.8) is 0 Å². The Morgan fingerprint density at radius 3 is 2.83 bits per heavy atom. The summed E-state index contributed by atoms with van der Waals surface area (Å²) in [5.74, 6) is 2.94. The van der Waals surface area contributed by atoms with Gasteiger partial charge in [-0.15, -0.1) is 0 Å². The number of hydrogen-bond donors (Lipinski definition) is 1. The molecule has 134 valence electrons. The molecule has 2 aliphatic heterocycles. The monoisotopic (exact) mass is 361 g/mol. The first kappa shape index (κ1) is 18.9. The van der Waals surface area contributed by atoms with Crippen LogP contribution in [0.5, 0.6) is 0 Å². The van der Waals surface area contributed by atoms with Crippen LogP contribution in [0.3, 0.4) is 0 Å². The van der Waals surface area contributed by atoms with E-state index < -0.39 is 9.84 Å². The van der Waals surface area contributed by atoms with Crippen LogP contribution in [0.15, 0.2) is 4.99 Å². The number of aliphatic imine (C=N–C) groups is 1. The topological polar surface area (TPSA) is 61.8 Å². The fourth-order valence-corrected chi connectivity index (χ4v) is 5.98. The maximum atomic E-state index is 11.6. The Hall–Kier alpha value is -0.430. The summed E-state index contributed by atoms with van der Waals surface area (Å²) in [5.41, 5.74) is 0. The summed E-state index contributed by atoms with van der Waals surface area (Å²) in [5, 5.41) is 4.21. The van der Waals surface area contributed by atoms with Crippen molar-refractivity contribution in [2.45, 2.75) is 51.3 Å². The Morgan fingerprint density at radius 1 is 1.43 bits per heavy atom. The van der Waals surface area contributed by atoms with Crippen LogP contribution in [0, 0.1) is 5.92 Å². The lowest BCUT2D eigenvalue weighted by atomic mass is 10.1. The van der Waals surface area contributed by atoms with Gasteiger partial charge in [-0.1, -0.05) is 13.8 Å². The predicted octanol–water partition coefficient (Wildman–Crippen LogP) is 1.99. The minimum Gasteiger partial charge on any atom is -0.354 e. The Labute approximate surface area is 145 Å². The molecular formula is C16H31N3O2S2. The molecule has 0 bridgehead atoms. The molecule has 2 rings (SSSR count). The maximum absolute atomic E-state index is 11.6. The number of guanidine groups is 1. The predicted molar refractivity (Wildman–Crippen MR) is 100 cm³/mol. The van der Waals surface area contributed by atoms with Gasteiger partial charge in [0.05, 0.1) is 11.5 Å². The molecule has 23 heavy (non-hydrogen) atoms. The summed E-state index contributed by atoms with van der Waals surface area (Å²) >= 11 is 2.05. The van der Waals surface area contributed by atoms with Crippen LogP contribution in [0.2, 0.25) is 0 Å². The van der Waals surface area contributed by atoms with Gasteiger partial charge in [0.2, 0.25) is 0 Å². The second kappa shape index (κ2) is 8.60. The van der Waals surface area contributed by atoms with Crippen molar-refractivity contribution in [3.05, 3.63) is 0 Å². The van der Waals surface area contributed by atoms with Crippen LogP contribution in [0.1, 0.15) is 40.0 Å². The number of thioether (sulfide) groups is 1. The second-order valence-corrected chi connectivity index (χ2v) is 10.4. The quantitative estimate of drug-likeness (QED) is 0.599. The van der Waals surface area contributed by atoms with E-state index >= 15 is 0 Å². The molecule has 2 saturated heterocycles. The molecule has 2 heterocycles. The van der Waals surface area contributed by atoms with Gasteiger partial charge in [0.1, 0.15) is 0 Å². The number of nitrogens with zero attached hydrogens (tertiary/aromatic N) is 2. The molecule has 0 aliphatic carbocycles. The van der Waals surface area contributed by atoms with E-state index in [0.29, 0.717) is 29.3 Å². The molecule has 0 aromatic carbocycles. The standard InChI is InChI=1S/C16H31N3O2S2/c1-4-13(3)18-16(19-7-8-22-15(5-2)11-19)17-10-14-6-9-23(20,21)12-14/h13-15H,4-12H2,1-3H3,(H,17,18). The van der Waals surface area contributed by atoms with E-state index in [-0.39, 0.29) is 5.92 Å². The molecule has 1 N–H and O–H groups in total. The molecule has 0 aromatic rings.